The molecule has 1 saturated carbocycles. The van der Waals surface area contributed by atoms with Gasteiger partial charge in [-0.2, -0.15) is 0 Å². The van der Waals surface area contributed by atoms with E-state index in [0.29, 0.717) is 6.07 Å². The van der Waals surface area contributed by atoms with Gasteiger partial charge >= 0.3 is 5.97 Å². The minimum absolute atomic E-state index is 0.258. The molecule has 0 spiro atoms. The molecule has 0 N–H and O–H groups in total. The van der Waals surface area contributed by atoms with Crippen molar-refractivity contribution < 1.29 is 22.7 Å². The Kier molecular flexibility index (Phi) is 4.70. The minimum atomic E-state index is -1.28. The molecule has 2 rings (SSSR count). The van der Waals surface area contributed by atoms with Crippen molar-refractivity contribution in [2.45, 2.75) is 38.2 Å². The van der Waals surface area contributed by atoms with E-state index in [9.17, 15) is 18.0 Å². The summed E-state index contributed by atoms with van der Waals surface area (Å²) in [5, 5.41) is 0. The van der Waals surface area contributed by atoms with Gasteiger partial charge in [-0.3, -0.25) is 0 Å². The Morgan fingerprint density at radius 1 is 1.16 bits per heavy atom. The summed E-state index contributed by atoms with van der Waals surface area (Å²) in [6.07, 6.45) is 4.20. The zero-order chi connectivity index (χ0) is 14.0. The molecular weight excluding hydrogens is 372 g/mol. The van der Waals surface area contributed by atoms with Gasteiger partial charge in [-0.15, -0.1) is 0 Å². The van der Waals surface area contributed by atoms with Gasteiger partial charge in [0.25, 0.3) is 0 Å². The SMILES string of the molecule is O=C(OC1CCCCC1)c1cc(F)c(F)c(I)c1F. The Bertz CT molecular complexity index is 499. The lowest BCUT2D eigenvalue weighted by Crippen LogP contribution is -2.22. The highest BCUT2D eigenvalue weighted by molar-refractivity contribution is 14.1. The van der Waals surface area contributed by atoms with Crippen LogP contribution in [-0.4, -0.2) is 12.1 Å². The normalized spacial score (nSPS) is 16.4. The van der Waals surface area contributed by atoms with Gasteiger partial charge in [-0.05, 0) is 54.3 Å². The Balaban J connectivity index is 2.19. The maximum atomic E-state index is 13.7. The van der Waals surface area contributed by atoms with Gasteiger partial charge in [-0.1, -0.05) is 6.42 Å². The Morgan fingerprint density at radius 3 is 2.42 bits per heavy atom. The Hall–Kier alpha value is -0.790. The quantitative estimate of drug-likeness (QED) is 0.331. The van der Waals surface area contributed by atoms with Crippen molar-refractivity contribution in [1.82, 2.24) is 0 Å². The van der Waals surface area contributed by atoms with E-state index in [-0.39, 0.29) is 6.10 Å². The van der Waals surface area contributed by atoms with Crippen molar-refractivity contribution in [3.05, 3.63) is 32.7 Å². The standard InChI is InChI=1S/C13H12F3IO2/c14-9-6-8(10(15)12(17)11(9)16)13(18)19-7-4-2-1-3-5-7/h6-7H,1-5H2. The lowest BCUT2D eigenvalue weighted by Gasteiger charge is -2.22. The molecule has 0 atom stereocenters. The maximum absolute atomic E-state index is 13.7. The van der Waals surface area contributed by atoms with Gasteiger partial charge < -0.3 is 4.74 Å². The molecule has 0 bridgehead atoms. The van der Waals surface area contributed by atoms with Crippen LogP contribution < -0.4 is 0 Å². The molecule has 0 aliphatic heterocycles. The summed E-state index contributed by atoms with van der Waals surface area (Å²) in [5.41, 5.74) is -0.547. The number of halogens is 4. The molecule has 0 saturated heterocycles. The number of hydrogen-bond acceptors (Lipinski definition) is 2. The summed E-state index contributed by atoms with van der Waals surface area (Å²) in [4.78, 5) is 11.8. The van der Waals surface area contributed by atoms with Crippen molar-refractivity contribution in [1.29, 1.82) is 0 Å². The number of ether oxygens (including phenoxy) is 1. The van der Waals surface area contributed by atoms with Crippen LogP contribution in [0.5, 0.6) is 0 Å². The first-order valence-corrected chi connectivity index (χ1v) is 7.12. The van der Waals surface area contributed by atoms with Crippen molar-refractivity contribution in [2.75, 3.05) is 0 Å². The van der Waals surface area contributed by atoms with E-state index in [2.05, 4.69) is 0 Å². The maximum Gasteiger partial charge on any atom is 0.341 e. The molecule has 1 aromatic rings. The topological polar surface area (TPSA) is 26.3 Å². The first kappa shape index (κ1) is 14.6. The van der Waals surface area contributed by atoms with E-state index in [1.165, 1.54) is 22.6 Å². The molecule has 1 aliphatic carbocycles. The number of hydrogen-bond donors (Lipinski definition) is 0. The fourth-order valence-electron chi connectivity index (χ4n) is 2.12. The lowest BCUT2D eigenvalue weighted by molar-refractivity contribution is 0.0205. The van der Waals surface area contributed by atoms with E-state index in [4.69, 9.17) is 4.74 Å². The van der Waals surface area contributed by atoms with Crippen LogP contribution in [0.3, 0.4) is 0 Å². The summed E-state index contributed by atoms with van der Waals surface area (Å²) >= 11 is 1.33. The predicted octanol–water partition coefficient (Wildman–Crippen LogP) is 4.20. The van der Waals surface area contributed by atoms with Crippen molar-refractivity contribution in [2.24, 2.45) is 0 Å². The highest BCUT2D eigenvalue weighted by atomic mass is 127. The summed E-state index contributed by atoms with van der Waals surface area (Å²) in [7, 11) is 0. The number of esters is 1. The molecule has 1 fully saturated rings. The highest BCUT2D eigenvalue weighted by Crippen LogP contribution is 2.25. The fourth-order valence-corrected chi connectivity index (χ4v) is 2.67. The largest absolute Gasteiger partial charge is 0.459 e. The summed E-state index contributed by atoms with van der Waals surface area (Å²) in [6, 6.07) is 0.554. The van der Waals surface area contributed by atoms with Gasteiger partial charge in [-0.25, -0.2) is 18.0 Å². The van der Waals surface area contributed by atoms with Crippen LogP contribution in [-0.2, 0) is 4.74 Å². The molecule has 0 radical (unpaired) electrons. The van der Waals surface area contributed by atoms with Crippen molar-refractivity contribution >= 4 is 28.6 Å². The van der Waals surface area contributed by atoms with Crippen LogP contribution in [0.15, 0.2) is 6.07 Å². The van der Waals surface area contributed by atoms with Crippen LogP contribution in [0.25, 0.3) is 0 Å². The molecule has 6 heteroatoms. The van der Waals surface area contributed by atoms with Crippen LogP contribution in [0.2, 0.25) is 0 Å². The third-order valence-corrected chi connectivity index (χ3v) is 4.10. The van der Waals surface area contributed by atoms with E-state index in [1.54, 1.807) is 0 Å². The number of benzene rings is 1. The zero-order valence-electron chi connectivity index (χ0n) is 10.0. The van der Waals surface area contributed by atoms with E-state index in [1.807, 2.05) is 0 Å². The first-order chi connectivity index (χ1) is 9.00. The second-order valence-electron chi connectivity index (χ2n) is 4.51. The first-order valence-electron chi connectivity index (χ1n) is 6.04. The molecule has 104 valence electrons. The van der Waals surface area contributed by atoms with Gasteiger partial charge in [0.05, 0.1) is 9.13 Å². The monoisotopic (exact) mass is 384 g/mol. The molecule has 1 aliphatic rings. The van der Waals surface area contributed by atoms with Gasteiger partial charge in [0.15, 0.2) is 17.5 Å². The zero-order valence-corrected chi connectivity index (χ0v) is 12.2. The number of carbonyl (C=O) groups excluding carboxylic acids is 1. The van der Waals surface area contributed by atoms with E-state index in [0.717, 1.165) is 32.1 Å². The average Bonchev–Trinajstić information content (AvgIpc) is 2.41. The summed E-state index contributed by atoms with van der Waals surface area (Å²) in [6.45, 7) is 0. The lowest BCUT2D eigenvalue weighted by atomic mass is 9.98. The van der Waals surface area contributed by atoms with E-state index < -0.39 is 32.6 Å². The van der Waals surface area contributed by atoms with Crippen LogP contribution in [0, 0.1) is 21.0 Å². The second-order valence-corrected chi connectivity index (χ2v) is 5.59. The molecule has 1 aromatic carbocycles. The van der Waals surface area contributed by atoms with Crippen molar-refractivity contribution in [3.8, 4) is 0 Å². The number of rotatable bonds is 2. The third kappa shape index (κ3) is 3.21. The van der Waals surface area contributed by atoms with Crippen LogP contribution in [0.4, 0.5) is 13.2 Å². The Labute approximate surface area is 122 Å². The average molecular weight is 384 g/mol. The fraction of sp³-hybridized carbons (Fsp3) is 0.462. The predicted molar refractivity (Wildman–Crippen MR) is 71.3 cm³/mol. The summed E-state index contributed by atoms with van der Waals surface area (Å²) < 4.78 is 44.7. The molecular formula is C13H12F3IO2. The smallest absolute Gasteiger partial charge is 0.341 e. The molecule has 0 unspecified atom stereocenters. The third-order valence-electron chi connectivity index (χ3n) is 3.15. The highest BCUT2D eigenvalue weighted by Gasteiger charge is 2.25. The Morgan fingerprint density at radius 2 is 1.79 bits per heavy atom. The van der Waals surface area contributed by atoms with Crippen LogP contribution in [0.1, 0.15) is 42.5 Å². The molecule has 0 heterocycles. The van der Waals surface area contributed by atoms with Gasteiger partial charge in [0, 0.05) is 0 Å². The molecule has 0 aromatic heterocycles. The second kappa shape index (κ2) is 6.11. The van der Waals surface area contributed by atoms with Crippen molar-refractivity contribution in [3.63, 3.8) is 0 Å². The minimum Gasteiger partial charge on any atom is -0.459 e. The molecule has 2 nitrogen and oxygen atoms in total. The van der Waals surface area contributed by atoms with Crippen LogP contribution >= 0.6 is 22.6 Å². The van der Waals surface area contributed by atoms with Gasteiger partial charge in [0.1, 0.15) is 6.10 Å². The van der Waals surface area contributed by atoms with E-state index >= 15 is 0 Å². The molecule has 0 amide bonds. The molecule has 19 heavy (non-hydrogen) atoms. The van der Waals surface area contributed by atoms with Gasteiger partial charge in [0.2, 0.25) is 0 Å². The summed E-state index contributed by atoms with van der Waals surface area (Å²) in [5.74, 6) is -4.53. The number of carbonyl (C=O) groups is 1.